The fourth-order valence-electron chi connectivity index (χ4n) is 2.05. The molecule has 0 radical (unpaired) electrons. The number of rotatable bonds is 4. The molecule has 2 aromatic carbocycles. The number of halogens is 1. The molecule has 0 heterocycles. The first-order valence-corrected chi connectivity index (χ1v) is 8.74. The van der Waals surface area contributed by atoms with Crippen molar-refractivity contribution in [3.05, 3.63) is 52.5 Å². The summed E-state index contributed by atoms with van der Waals surface area (Å²) >= 11 is 3.28. The summed E-state index contributed by atoms with van der Waals surface area (Å²) in [4.78, 5) is 0.208. The van der Waals surface area contributed by atoms with Gasteiger partial charge < -0.3 is 5.73 Å². The Bertz CT molecular complexity index is 743. The lowest BCUT2D eigenvalue weighted by atomic mass is 10.2. The maximum atomic E-state index is 12.8. The fourth-order valence-corrected chi connectivity index (χ4v) is 4.58. The van der Waals surface area contributed by atoms with Crippen molar-refractivity contribution in [2.75, 3.05) is 16.6 Å². The van der Waals surface area contributed by atoms with E-state index in [2.05, 4.69) is 15.9 Å². The van der Waals surface area contributed by atoms with Gasteiger partial charge in [-0.1, -0.05) is 17.7 Å². The standard InChI is InChI=1S/C15H17BrN2O2S/c1-3-18(13-7-4-11(2)5-8-13)21(19,20)15-9-6-12(17)10-14(15)16/h4-10H,3,17H2,1-2H3. The number of benzene rings is 2. The molecule has 0 atom stereocenters. The van der Waals surface area contributed by atoms with E-state index in [1.165, 1.54) is 10.4 Å². The first-order valence-electron chi connectivity index (χ1n) is 6.50. The van der Waals surface area contributed by atoms with Crippen molar-refractivity contribution in [2.24, 2.45) is 0 Å². The lowest BCUT2D eigenvalue weighted by Gasteiger charge is -2.23. The summed E-state index contributed by atoms with van der Waals surface area (Å²) in [6, 6.07) is 12.1. The van der Waals surface area contributed by atoms with Crippen LogP contribution in [0.4, 0.5) is 11.4 Å². The van der Waals surface area contributed by atoms with E-state index in [4.69, 9.17) is 5.73 Å². The molecule has 0 saturated carbocycles. The number of sulfonamides is 1. The summed E-state index contributed by atoms with van der Waals surface area (Å²) in [6.07, 6.45) is 0. The molecule has 0 aromatic heterocycles. The molecule has 0 spiro atoms. The minimum Gasteiger partial charge on any atom is -0.399 e. The van der Waals surface area contributed by atoms with Crippen molar-refractivity contribution in [1.29, 1.82) is 0 Å². The molecular formula is C15H17BrN2O2S. The number of aryl methyl sites for hydroxylation is 1. The Morgan fingerprint density at radius 3 is 2.29 bits per heavy atom. The van der Waals surface area contributed by atoms with Crippen LogP contribution in [0.5, 0.6) is 0 Å². The van der Waals surface area contributed by atoms with Crippen LogP contribution in [0.1, 0.15) is 12.5 Å². The number of hydrogen-bond donors (Lipinski definition) is 1. The van der Waals surface area contributed by atoms with Crippen LogP contribution in [-0.2, 0) is 10.0 Å². The van der Waals surface area contributed by atoms with E-state index >= 15 is 0 Å². The van der Waals surface area contributed by atoms with Crippen molar-refractivity contribution < 1.29 is 8.42 Å². The van der Waals surface area contributed by atoms with Crippen molar-refractivity contribution in [3.8, 4) is 0 Å². The van der Waals surface area contributed by atoms with E-state index in [1.54, 1.807) is 12.1 Å². The van der Waals surface area contributed by atoms with Gasteiger partial charge in [0.25, 0.3) is 10.0 Å². The monoisotopic (exact) mass is 368 g/mol. The van der Waals surface area contributed by atoms with E-state index in [9.17, 15) is 8.42 Å². The van der Waals surface area contributed by atoms with E-state index in [0.29, 0.717) is 22.4 Å². The van der Waals surface area contributed by atoms with Crippen LogP contribution in [0.15, 0.2) is 51.8 Å². The number of nitrogens with two attached hydrogens (primary N) is 1. The van der Waals surface area contributed by atoms with Gasteiger partial charge in [0.05, 0.1) is 5.69 Å². The quantitative estimate of drug-likeness (QED) is 0.839. The van der Waals surface area contributed by atoms with Gasteiger partial charge in [0.2, 0.25) is 0 Å². The third kappa shape index (κ3) is 3.22. The summed E-state index contributed by atoms with van der Waals surface area (Å²) in [7, 11) is -3.63. The summed E-state index contributed by atoms with van der Waals surface area (Å²) in [5.41, 5.74) is 7.91. The van der Waals surface area contributed by atoms with E-state index in [-0.39, 0.29) is 4.90 Å². The molecule has 4 nitrogen and oxygen atoms in total. The average Bonchev–Trinajstić information content (AvgIpc) is 2.41. The topological polar surface area (TPSA) is 63.4 Å². The Kier molecular flexibility index (Phi) is 4.58. The van der Waals surface area contributed by atoms with Gasteiger partial charge >= 0.3 is 0 Å². The van der Waals surface area contributed by atoms with Gasteiger partial charge in [-0.3, -0.25) is 4.31 Å². The molecule has 2 aromatic rings. The first-order chi connectivity index (χ1) is 9.86. The van der Waals surface area contributed by atoms with Gasteiger partial charge in [-0.25, -0.2) is 8.42 Å². The first kappa shape index (κ1) is 15.9. The van der Waals surface area contributed by atoms with Crippen LogP contribution in [-0.4, -0.2) is 15.0 Å². The molecule has 0 fully saturated rings. The van der Waals surface area contributed by atoms with E-state index in [1.807, 2.05) is 38.1 Å². The van der Waals surface area contributed by atoms with Crippen molar-refractivity contribution in [3.63, 3.8) is 0 Å². The molecule has 2 rings (SSSR count). The highest BCUT2D eigenvalue weighted by Gasteiger charge is 2.25. The highest BCUT2D eigenvalue weighted by Crippen LogP contribution is 2.30. The normalized spacial score (nSPS) is 11.4. The van der Waals surface area contributed by atoms with E-state index < -0.39 is 10.0 Å². The predicted octanol–water partition coefficient (Wildman–Crippen LogP) is 3.55. The molecule has 6 heteroatoms. The number of nitrogens with zero attached hydrogens (tertiary/aromatic N) is 1. The van der Waals surface area contributed by atoms with Gasteiger partial charge in [-0.05, 0) is 60.1 Å². The molecule has 0 aliphatic heterocycles. The second kappa shape index (κ2) is 6.07. The Hall–Kier alpha value is -1.53. The Morgan fingerprint density at radius 2 is 1.76 bits per heavy atom. The van der Waals surface area contributed by atoms with Crippen LogP contribution >= 0.6 is 15.9 Å². The van der Waals surface area contributed by atoms with Crippen LogP contribution in [0.2, 0.25) is 0 Å². The minimum absolute atomic E-state index is 0.208. The summed E-state index contributed by atoms with van der Waals surface area (Å²) in [5, 5.41) is 0. The molecule has 0 amide bonds. The summed E-state index contributed by atoms with van der Waals surface area (Å²) in [5.74, 6) is 0. The smallest absolute Gasteiger partial charge is 0.265 e. The van der Waals surface area contributed by atoms with Gasteiger partial charge in [-0.15, -0.1) is 0 Å². The van der Waals surface area contributed by atoms with Crippen LogP contribution in [0.3, 0.4) is 0 Å². The molecule has 0 aliphatic carbocycles. The maximum Gasteiger partial charge on any atom is 0.265 e. The van der Waals surface area contributed by atoms with Crippen molar-refractivity contribution >= 4 is 37.3 Å². The molecule has 0 bridgehead atoms. The van der Waals surface area contributed by atoms with Gasteiger partial charge in [-0.2, -0.15) is 0 Å². The molecule has 0 unspecified atom stereocenters. The number of nitrogen functional groups attached to an aromatic ring is 1. The molecule has 0 saturated heterocycles. The lowest BCUT2D eigenvalue weighted by molar-refractivity contribution is 0.591. The molecule has 21 heavy (non-hydrogen) atoms. The summed E-state index contributed by atoms with van der Waals surface area (Å²) in [6.45, 7) is 4.12. The van der Waals surface area contributed by atoms with Crippen molar-refractivity contribution in [2.45, 2.75) is 18.7 Å². The lowest BCUT2D eigenvalue weighted by Crippen LogP contribution is -2.31. The van der Waals surface area contributed by atoms with Gasteiger partial charge in [0.1, 0.15) is 4.90 Å². The number of hydrogen-bond acceptors (Lipinski definition) is 3. The predicted molar refractivity (Wildman–Crippen MR) is 89.9 cm³/mol. The average molecular weight is 369 g/mol. The largest absolute Gasteiger partial charge is 0.399 e. The third-order valence-electron chi connectivity index (χ3n) is 3.13. The van der Waals surface area contributed by atoms with Crippen LogP contribution in [0, 0.1) is 6.92 Å². The van der Waals surface area contributed by atoms with Crippen LogP contribution < -0.4 is 10.0 Å². The third-order valence-corrected chi connectivity index (χ3v) is 6.01. The molecule has 0 aliphatic rings. The Labute approximate surface area is 133 Å². The van der Waals surface area contributed by atoms with Gasteiger partial charge in [0, 0.05) is 16.7 Å². The number of anilines is 2. The SMILES string of the molecule is CCN(c1ccc(C)cc1)S(=O)(=O)c1ccc(N)cc1Br. The van der Waals surface area contributed by atoms with Gasteiger partial charge in [0.15, 0.2) is 0 Å². The second-order valence-electron chi connectivity index (χ2n) is 4.70. The Balaban J connectivity index is 2.51. The second-order valence-corrected chi connectivity index (χ2v) is 7.38. The van der Waals surface area contributed by atoms with Crippen LogP contribution in [0.25, 0.3) is 0 Å². The Morgan fingerprint density at radius 1 is 1.14 bits per heavy atom. The molecule has 112 valence electrons. The highest BCUT2D eigenvalue weighted by molar-refractivity contribution is 9.10. The minimum atomic E-state index is -3.63. The molecule has 2 N–H and O–H groups in total. The summed E-state index contributed by atoms with van der Waals surface area (Å²) < 4.78 is 27.5. The maximum absolute atomic E-state index is 12.8. The zero-order valence-corrected chi connectivity index (χ0v) is 14.3. The highest BCUT2D eigenvalue weighted by atomic mass is 79.9. The zero-order valence-electron chi connectivity index (χ0n) is 11.9. The molecular weight excluding hydrogens is 352 g/mol. The zero-order chi connectivity index (χ0) is 15.6. The fraction of sp³-hybridized carbons (Fsp3) is 0.200. The van der Waals surface area contributed by atoms with Crippen molar-refractivity contribution in [1.82, 2.24) is 0 Å². The van der Waals surface area contributed by atoms with E-state index in [0.717, 1.165) is 5.56 Å².